The van der Waals surface area contributed by atoms with Gasteiger partial charge in [0.1, 0.15) is 0 Å². The Balaban J connectivity index is 1.96. The number of nitrogens with zero attached hydrogens (tertiary/aromatic N) is 3. The SMILES string of the molecule is CC1C(N)CCN1Cc1ncon1. The van der Waals surface area contributed by atoms with Gasteiger partial charge in [-0.1, -0.05) is 5.16 Å². The minimum absolute atomic E-state index is 0.284. The first-order valence-electron chi connectivity index (χ1n) is 4.52. The van der Waals surface area contributed by atoms with Gasteiger partial charge in [-0.2, -0.15) is 4.98 Å². The number of likely N-dealkylation sites (tertiary alicyclic amines) is 1. The zero-order valence-corrected chi connectivity index (χ0v) is 7.68. The van der Waals surface area contributed by atoms with Gasteiger partial charge in [0.25, 0.3) is 0 Å². The molecule has 2 rings (SSSR count). The van der Waals surface area contributed by atoms with Gasteiger partial charge in [-0.05, 0) is 13.3 Å². The summed E-state index contributed by atoms with van der Waals surface area (Å²) in [4.78, 5) is 6.25. The number of nitrogens with two attached hydrogens (primary N) is 1. The Hall–Kier alpha value is -0.940. The fourth-order valence-corrected chi connectivity index (χ4v) is 1.70. The monoisotopic (exact) mass is 182 g/mol. The molecule has 0 amide bonds. The first kappa shape index (κ1) is 8.65. The third kappa shape index (κ3) is 1.71. The zero-order chi connectivity index (χ0) is 9.26. The average Bonchev–Trinajstić information content (AvgIpc) is 2.71. The van der Waals surface area contributed by atoms with Gasteiger partial charge in [0, 0.05) is 18.6 Å². The van der Waals surface area contributed by atoms with E-state index in [-0.39, 0.29) is 6.04 Å². The molecule has 1 fully saturated rings. The van der Waals surface area contributed by atoms with E-state index in [2.05, 4.69) is 26.5 Å². The van der Waals surface area contributed by atoms with Gasteiger partial charge in [0.05, 0.1) is 6.54 Å². The lowest BCUT2D eigenvalue weighted by Crippen LogP contribution is -2.36. The van der Waals surface area contributed by atoms with E-state index in [1.807, 2.05) is 0 Å². The normalized spacial score (nSPS) is 29.7. The van der Waals surface area contributed by atoms with Crippen molar-refractivity contribution < 1.29 is 4.52 Å². The van der Waals surface area contributed by atoms with Crippen LogP contribution in [-0.2, 0) is 6.54 Å². The van der Waals surface area contributed by atoms with Crippen LogP contribution in [0.4, 0.5) is 0 Å². The van der Waals surface area contributed by atoms with Gasteiger partial charge in [0.2, 0.25) is 6.39 Å². The third-order valence-corrected chi connectivity index (χ3v) is 2.70. The molecular weight excluding hydrogens is 168 g/mol. The van der Waals surface area contributed by atoms with Gasteiger partial charge in [0.15, 0.2) is 5.82 Å². The Kier molecular flexibility index (Phi) is 2.28. The number of aromatic nitrogens is 2. The van der Waals surface area contributed by atoms with Crippen molar-refractivity contribution in [3.8, 4) is 0 Å². The molecule has 1 aliphatic heterocycles. The molecule has 13 heavy (non-hydrogen) atoms. The topological polar surface area (TPSA) is 68.2 Å². The summed E-state index contributed by atoms with van der Waals surface area (Å²) in [7, 11) is 0. The van der Waals surface area contributed by atoms with E-state index in [0.29, 0.717) is 6.04 Å². The van der Waals surface area contributed by atoms with Crippen LogP contribution < -0.4 is 5.73 Å². The van der Waals surface area contributed by atoms with Crippen molar-refractivity contribution in [2.45, 2.75) is 32.0 Å². The lowest BCUT2D eigenvalue weighted by atomic mass is 10.2. The van der Waals surface area contributed by atoms with Crippen molar-refractivity contribution in [2.75, 3.05) is 6.54 Å². The van der Waals surface area contributed by atoms with Crippen molar-refractivity contribution in [1.82, 2.24) is 15.0 Å². The number of hydrogen-bond acceptors (Lipinski definition) is 5. The van der Waals surface area contributed by atoms with E-state index in [1.54, 1.807) is 0 Å². The molecule has 72 valence electrons. The lowest BCUT2D eigenvalue weighted by molar-refractivity contribution is 0.241. The smallest absolute Gasteiger partial charge is 0.213 e. The van der Waals surface area contributed by atoms with Crippen LogP contribution in [-0.4, -0.2) is 33.7 Å². The van der Waals surface area contributed by atoms with Gasteiger partial charge in [-0.3, -0.25) is 4.90 Å². The molecule has 2 heterocycles. The Bertz CT molecular complexity index is 261. The highest BCUT2D eigenvalue weighted by atomic mass is 16.5. The summed E-state index contributed by atoms with van der Waals surface area (Å²) in [6.45, 7) is 3.90. The fourth-order valence-electron chi connectivity index (χ4n) is 1.70. The van der Waals surface area contributed by atoms with Crippen LogP contribution in [0.25, 0.3) is 0 Å². The highest BCUT2D eigenvalue weighted by Crippen LogP contribution is 2.17. The minimum Gasteiger partial charge on any atom is -0.343 e. The summed E-state index contributed by atoms with van der Waals surface area (Å²) in [6.07, 6.45) is 2.41. The summed E-state index contributed by atoms with van der Waals surface area (Å²) in [5.41, 5.74) is 5.89. The predicted molar refractivity (Wildman–Crippen MR) is 46.8 cm³/mol. The molecule has 1 aromatic rings. The summed E-state index contributed by atoms with van der Waals surface area (Å²) < 4.78 is 4.67. The predicted octanol–water partition coefficient (Wildman–Crippen LogP) is -0.00890. The summed E-state index contributed by atoms with van der Waals surface area (Å²) in [6, 6.07) is 0.699. The van der Waals surface area contributed by atoms with E-state index in [9.17, 15) is 0 Å². The van der Waals surface area contributed by atoms with E-state index in [1.165, 1.54) is 6.39 Å². The molecule has 0 spiro atoms. The van der Waals surface area contributed by atoms with E-state index in [4.69, 9.17) is 5.73 Å². The average molecular weight is 182 g/mol. The zero-order valence-electron chi connectivity index (χ0n) is 7.68. The lowest BCUT2D eigenvalue weighted by Gasteiger charge is -2.20. The van der Waals surface area contributed by atoms with Crippen molar-refractivity contribution in [3.63, 3.8) is 0 Å². The Morgan fingerprint density at radius 2 is 2.62 bits per heavy atom. The van der Waals surface area contributed by atoms with Crippen molar-refractivity contribution >= 4 is 0 Å². The molecule has 0 saturated carbocycles. The molecule has 0 aliphatic carbocycles. The van der Waals surface area contributed by atoms with Crippen molar-refractivity contribution in [2.24, 2.45) is 5.73 Å². The first-order chi connectivity index (χ1) is 6.27. The van der Waals surface area contributed by atoms with Crippen LogP contribution in [0.3, 0.4) is 0 Å². The van der Waals surface area contributed by atoms with Crippen LogP contribution in [0.15, 0.2) is 10.9 Å². The van der Waals surface area contributed by atoms with Gasteiger partial charge >= 0.3 is 0 Å². The Labute approximate surface area is 76.9 Å². The van der Waals surface area contributed by atoms with Crippen molar-refractivity contribution in [1.29, 1.82) is 0 Å². The molecular formula is C8H14N4O. The van der Waals surface area contributed by atoms with Crippen LogP contribution in [0, 0.1) is 0 Å². The maximum absolute atomic E-state index is 5.89. The molecule has 0 radical (unpaired) electrons. The van der Waals surface area contributed by atoms with Gasteiger partial charge in [-0.15, -0.1) is 0 Å². The van der Waals surface area contributed by atoms with E-state index in [0.717, 1.165) is 25.3 Å². The number of rotatable bonds is 2. The van der Waals surface area contributed by atoms with Crippen LogP contribution >= 0.6 is 0 Å². The van der Waals surface area contributed by atoms with Crippen LogP contribution in [0.5, 0.6) is 0 Å². The summed E-state index contributed by atoms with van der Waals surface area (Å²) in [5, 5.41) is 3.77. The van der Waals surface area contributed by atoms with Crippen LogP contribution in [0.2, 0.25) is 0 Å². The minimum atomic E-state index is 0.284. The highest BCUT2D eigenvalue weighted by Gasteiger charge is 2.28. The van der Waals surface area contributed by atoms with E-state index >= 15 is 0 Å². The third-order valence-electron chi connectivity index (χ3n) is 2.70. The highest BCUT2D eigenvalue weighted by molar-refractivity contribution is 4.89. The first-order valence-corrected chi connectivity index (χ1v) is 4.52. The Morgan fingerprint density at radius 1 is 1.77 bits per heavy atom. The standard InChI is InChI=1S/C8H14N4O/c1-6-7(9)2-3-12(6)4-8-10-5-13-11-8/h5-7H,2-4,9H2,1H3. The summed E-state index contributed by atoms with van der Waals surface area (Å²) >= 11 is 0. The van der Waals surface area contributed by atoms with E-state index < -0.39 is 0 Å². The maximum atomic E-state index is 5.89. The van der Waals surface area contributed by atoms with Crippen molar-refractivity contribution in [3.05, 3.63) is 12.2 Å². The van der Waals surface area contributed by atoms with Gasteiger partial charge < -0.3 is 10.3 Å². The molecule has 2 unspecified atom stereocenters. The fraction of sp³-hybridized carbons (Fsp3) is 0.750. The molecule has 2 N–H and O–H groups in total. The largest absolute Gasteiger partial charge is 0.343 e. The molecule has 2 atom stereocenters. The van der Waals surface area contributed by atoms with Crippen LogP contribution in [0.1, 0.15) is 19.2 Å². The molecule has 1 aliphatic rings. The second-order valence-electron chi connectivity index (χ2n) is 3.51. The van der Waals surface area contributed by atoms with Gasteiger partial charge in [-0.25, -0.2) is 0 Å². The molecule has 1 saturated heterocycles. The molecule has 5 heteroatoms. The molecule has 0 aromatic carbocycles. The second-order valence-corrected chi connectivity index (χ2v) is 3.51. The maximum Gasteiger partial charge on any atom is 0.213 e. The Morgan fingerprint density at radius 3 is 3.15 bits per heavy atom. The quantitative estimate of drug-likeness (QED) is 0.696. The molecule has 5 nitrogen and oxygen atoms in total. The number of hydrogen-bond donors (Lipinski definition) is 1. The molecule has 1 aromatic heterocycles. The summed E-state index contributed by atoms with van der Waals surface area (Å²) in [5.74, 6) is 0.737. The second kappa shape index (κ2) is 3.43. The molecule has 0 bridgehead atoms.